The minimum absolute atomic E-state index is 0.325. The minimum Gasteiger partial charge on any atom is -0.466 e. The van der Waals surface area contributed by atoms with Crippen molar-refractivity contribution in [1.29, 1.82) is 0 Å². The van der Waals surface area contributed by atoms with Crippen molar-refractivity contribution in [2.24, 2.45) is 5.73 Å². The van der Waals surface area contributed by atoms with Gasteiger partial charge in [0.05, 0.1) is 5.69 Å². The predicted octanol–water partition coefficient (Wildman–Crippen LogP) is 3.56. The molecule has 0 bridgehead atoms. The largest absolute Gasteiger partial charge is 0.466 e. The number of nitrogens with two attached hydrogens (primary N) is 1. The molecule has 1 heterocycles. The van der Waals surface area contributed by atoms with E-state index in [2.05, 4.69) is 0 Å². The summed E-state index contributed by atoms with van der Waals surface area (Å²) >= 11 is 0. The van der Waals surface area contributed by atoms with E-state index < -0.39 is 16.2 Å². The van der Waals surface area contributed by atoms with Crippen molar-refractivity contribution in [3.05, 3.63) is 54.6 Å². The summed E-state index contributed by atoms with van der Waals surface area (Å²) in [6.07, 6.45) is 0.375. The SMILES string of the molecule is NCC[C@H]1Oc2ccccc2N(c2ccccc2)S1(O)O. The fraction of sp³-hybridized carbons (Fsp3) is 0.200. The molecule has 1 aliphatic rings. The van der Waals surface area contributed by atoms with E-state index in [9.17, 15) is 9.11 Å². The van der Waals surface area contributed by atoms with Crippen LogP contribution < -0.4 is 14.8 Å². The number of hydrogen-bond acceptors (Lipinski definition) is 5. The van der Waals surface area contributed by atoms with Gasteiger partial charge in [-0.1, -0.05) is 41.1 Å². The number of rotatable bonds is 3. The normalized spacial score (nSPS) is 21.3. The molecule has 0 radical (unpaired) electrons. The summed E-state index contributed by atoms with van der Waals surface area (Å²) in [5, 5.41) is 0. The van der Waals surface area contributed by atoms with Crippen LogP contribution in [0.15, 0.2) is 54.6 Å². The summed E-state index contributed by atoms with van der Waals surface area (Å²) in [4.78, 5) is 0. The Morgan fingerprint density at radius 1 is 1.05 bits per heavy atom. The van der Waals surface area contributed by atoms with Crippen molar-refractivity contribution in [3.63, 3.8) is 0 Å². The highest BCUT2D eigenvalue weighted by Gasteiger charge is 2.40. The number of fused-ring (bicyclic) bond motifs is 1. The van der Waals surface area contributed by atoms with Gasteiger partial charge >= 0.3 is 0 Å². The monoisotopic (exact) mass is 306 g/mol. The van der Waals surface area contributed by atoms with Crippen LogP contribution in [0.2, 0.25) is 0 Å². The van der Waals surface area contributed by atoms with Gasteiger partial charge in [-0.3, -0.25) is 9.11 Å². The zero-order chi connectivity index (χ0) is 14.9. The highest BCUT2D eigenvalue weighted by Crippen LogP contribution is 2.61. The van der Waals surface area contributed by atoms with Crippen molar-refractivity contribution in [2.75, 3.05) is 10.8 Å². The lowest BCUT2D eigenvalue weighted by atomic mass is 10.2. The Kier molecular flexibility index (Phi) is 3.77. The van der Waals surface area contributed by atoms with Crippen LogP contribution >= 0.6 is 10.8 Å². The van der Waals surface area contributed by atoms with Crippen LogP contribution in [0.1, 0.15) is 6.42 Å². The lowest BCUT2D eigenvalue weighted by Crippen LogP contribution is -2.40. The molecule has 0 saturated carbocycles. The molecule has 2 aromatic rings. The molecule has 6 heteroatoms. The zero-order valence-electron chi connectivity index (χ0n) is 11.4. The second kappa shape index (κ2) is 5.57. The average Bonchev–Trinajstić information content (AvgIpc) is 2.49. The summed E-state index contributed by atoms with van der Waals surface area (Å²) in [6.45, 7) is 0.325. The van der Waals surface area contributed by atoms with Crippen LogP contribution in [-0.4, -0.2) is 21.1 Å². The summed E-state index contributed by atoms with van der Waals surface area (Å²) in [5.41, 5.74) is 6.21. The molecule has 2 aromatic carbocycles. The predicted molar refractivity (Wildman–Crippen MR) is 86.0 cm³/mol. The number of benzene rings is 2. The van der Waals surface area contributed by atoms with Crippen molar-refractivity contribution in [3.8, 4) is 5.75 Å². The quantitative estimate of drug-likeness (QED) is 0.808. The van der Waals surface area contributed by atoms with Gasteiger partial charge in [-0.25, -0.2) is 4.31 Å². The molecule has 112 valence electrons. The Hall–Kier alpha value is -1.73. The van der Waals surface area contributed by atoms with Crippen molar-refractivity contribution < 1.29 is 13.8 Å². The molecule has 0 aromatic heterocycles. The average molecular weight is 306 g/mol. The Balaban J connectivity index is 2.13. The molecule has 1 atom stereocenters. The Bertz CT molecular complexity index is 621. The van der Waals surface area contributed by atoms with Crippen LogP contribution in [0.3, 0.4) is 0 Å². The van der Waals surface area contributed by atoms with E-state index in [1.807, 2.05) is 54.6 Å². The smallest absolute Gasteiger partial charge is 0.207 e. The lowest BCUT2D eigenvalue weighted by Gasteiger charge is -2.51. The fourth-order valence-corrected chi connectivity index (χ4v) is 4.20. The second-order valence-corrected chi connectivity index (χ2v) is 6.80. The van der Waals surface area contributed by atoms with Gasteiger partial charge in [0.1, 0.15) is 11.4 Å². The number of hydrogen-bond donors (Lipinski definition) is 3. The summed E-state index contributed by atoms with van der Waals surface area (Å²) in [7, 11) is -3.16. The first kappa shape index (κ1) is 14.2. The van der Waals surface area contributed by atoms with Crippen LogP contribution in [0, 0.1) is 0 Å². The molecule has 21 heavy (non-hydrogen) atoms. The molecule has 3 rings (SSSR count). The molecule has 0 aliphatic carbocycles. The Morgan fingerprint density at radius 2 is 1.71 bits per heavy atom. The van der Waals surface area contributed by atoms with Crippen LogP contribution in [0.5, 0.6) is 5.75 Å². The molecule has 1 aliphatic heterocycles. The standard InChI is InChI=1S/C15H18N2O3S/c16-11-10-15-20-14-9-5-4-8-13(14)17(21(15,18)19)12-6-2-1-3-7-12/h1-9,15,18-19H,10-11,16H2/t15-/m0/s1. The van der Waals surface area contributed by atoms with Gasteiger partial charge in [0.2, 0.25) is 5.44 Å². The fourth-order valence-electron chi connectivity index (χ4n) is 2.40. The third-order valence-corrected chi connectivity index (χ3v) is 5.34. The van der Waals surface area contributed by atoms with E-state index in [0.29, 0.717) is 24.4 Å². The van der Waals surface area contributed by atoms with Gasteiger partial charge in [-0.05, 0) is 30.8 Å². The van der Waals surface area contributed by atoms with E-state index in [0.717, 1.165) is 5.69 Å². The molecule has 5 nitrogen and oxygen atoms in total. The number of nitrogens with zero attached hydrogens (tertiary/aromatic N) is 1. The molecule has 0 unspecified atom stereocenters. The summed E-state index contributed by atoms with van der Waals surface area (Å²) in [5.74, 6) is 0.631. The summed E-state index contributed by atoms with van der Waals surface area (Å²) < 4.78 is 28.7. The van der Waals surface area contributed by atoms with E-state index in [1.54, 1.807) is 4.31 Å². The Morgan fingerprint density at radius 3 is 2.43 bits per heavy atom. The minimum atomic E-state index is -3.16. The topological polar surface area (TPSA) is 79.0 Å². The summed E-state index contributed by atoms with van der Waals surface area (Å²) in [6, 6.07) is 16.6. The first-order valence-electron chi connectivity index (χ1n) is 6.72. The van der Waals surface area contributed by atoms with E-state index >= 15 is 0 Å². The lowest BCUT2D eigenvalue weighted by molar-refractivity contribution is 0.241. The number of anilines is 2. The van der Waals surface area contributed by atoms with Gasteiger partial charge in [-0.2, -0.15) is 0 Å². The zero-order valence-corrected chi connectivity index (χ0v) is 12.2. The van der Waals surface area contributed by atoms with Crippen molar-refractivity contribution in [2.45, 2.75) is 11.9 Å². The van der Waals surface area contributed by atoms with Gasteiger partial charge in [0.25, 0.3) is 0 Å². The van der Waals surface area contributed by atoms with Gasteiger partial charge in [-0.15, -0.1) is 0 Å². The van der Waals surface area contributed by atoms with Gasteiger partial charge in [0, 0.05) is 6.42 Å². The maximum Gasteiger partial charge on any atom is 0.207 e. The second-order valence-electron chi connectivity index (χ2n) is 4.78. The third kappa shape index (κ3) is 2.47. The molecular weight excluding hydrogens is 288 g/mol. The molecule has 0 saturated heterocycles. The molecule has 0 spiro atoms. The van der Waals surface area contributed by atoms with Crippen LogP contribution in [0.4, 0.5) is 11.4 Å². The Labute approximate surface area is 125 Å². The maximum atomic E-state index is 10.7. The first-order chi connectivity index (χ1) is 10.1. The number of ether oxygens (including phenoxy) is 1. The maximum absolute atomic E-state index is 10.7. The van der Waals surface area contributed by atoms with Crippen LogP contribution in [-0.2, 0) is 0 Å². The number of para-hydroxylation sites is 3. The highest BCUT2D eigenvalue weighted by atomic mass is 32.3. The van der Waals surface area contributed by atoms with E-state index in [1.165, 1.54) is 0 Å². The first-order valence-corrected chi connectivity index (χ1v) is 8.29. The molecule has 0 fully saturated rings. The van der Waals surface area contributed by atoms with Gasteiger partial charge in [0.15, 0.2) is 0 Å². The van der Waals surface area contributed by atoms with E-state index in [-0.39, 0.29) is 0 Å². The van der Waals surface area contributed by atoms with Crippen LogP contribution in [0.25, 0.3) is 0 Å². The molecular formula is C15H18N2O3S. The van der Waals surface area contributed by atoms with Crippen molar-refractivity contribution in [1.82, 2.24) is 0 Å². The van der Waals surface area contributed by atoms with E-state index in [4.69, 9.17) is 10.5 Å². The van der Waals surface area contributed by atoms with Crippen molar-refractivity contribution >= 4 is 22.2 Å². The van der Waals surface area contributed by atoms with Gasteiger partial charge < -0.3 is 10.5 Å². The molecule has 4 N–H and O–H groups in total. The molecule has 0 amide bonds. The highest BCUT2D eigenvalue weighted by molar-refractivity contribution is 8.26. The third-order valence-electron chi connectivity index (χ3n) is 3.36.